The number of aromatic nitrogens is 1. The lowest BCUT2D eigenvalue weighted by atomic mass is 10.1. The van der Waals surface area contributed by atoms with E-state index in [0.29, 0.717) is 0 Å². The van der Waals surface area contributed by atoms with Crippen LogP contribution in [0.5, 0.6) is 0 Å². The molecule has 2 aliphatic rings. The first-order valence-electron chi connectivity index (χ1n) is 6.27. The molecule has 0 aliphatic carbocycles. The number of fused-ring (bicyclic) bond motifs is 5. The zero-order valence-corrected chi connectivity index (χ0v) is 10.2. The number of nitrogens with zero attached hydrogens (tertiary/aromatic N) is 1. The number of rotatable bonds is 0. The van der Waals surface area contributed by atoms with Gasteiger partial charge in [0.25, 0.3) is 0 Å². The molecule has 90 valence electrons. The van der Waals surface area contributed by atoms with E-state index in [0.717, 1.165) is 27.4 Å². The summed E-state index contributed by atoms with van der Waals surface area (Å²) >= 11 is 0. The maximum atomic E-state index is 12.6. The van der Waals surface area contributed by atoms with Gasteiger partial charge in [-0.25, -0.2) is 0 Å². The summed E-state index contributed by atoms with van der Waals surface area (Å²) in [6.45, 7) is 0. The van der Waals surface area contributed by atoms with Crippen molar-refractivity contribution in [2.24, 2.45) is 0 Å². The quantitative estimate of drug-likeness (QED) is 0.464. The molecule has 2 aliphatic heterocycles. The summed E-state index contributed by atoms with van der Waals surface area (Å²) in [5, 5.41) is 2.85. The van der Waals surface area contributed by atoms with Gasteiger partial charge >= 0.3 is 0 Å². The van der Waals surface area contributed by atoms with Crippen LogP contribution in [0.2, 0.25) is 0 Å². The normalized spacial score (nSPS) is 11.4. The Morgan fingerprint density at radius 1 is 0.737 bits per heavy atom. The molecule has 2 aromatic carbocycles. The van der Waals surface area contributed by atoms with Gasteiger partial charge in [0.2, 0.25) is 5.43 Å². The molecule has 0 radical (unpaired) electrons. The van der Waals surface area contributed by atoms with Crippen molar-refractivity contribution >= 4 is 21.7 Å². The summed E-state index contributed by atoms with van der Waals surface area (Å²) in [6.07, 6.45) is 1.96. The van der Waals surface area contributed by atoms with Gasteiger partial charge in [-0.3, -0.25) is 4.79 Å². The second-order valence-electron chi connectivity index (χ2n) is 4.66. The van der Waals surface area contributed by atoms with Gasteiger partial charge < -0.3 is 4.57 Å². The fourth-order valence-corrected chi connectivity index (χ4v) is 2.73. The summed E-state index contributed by atoms with van der Waals surface area (Å²) < 4.78 is 1.99. The molecule has 0 spiro atoms. The van der Waals surface area contributed by atoms with E-state index < -0.39 is 0 Å². The van der Waals surface area contributed by atoms with Gasteiger partial charge in [0.05, 0.1) is 5.52 Å². The van der Waals surface area contributed by atoms with Crippen molar-refractivity contribution in [3.63, 3.8) is 0 Å². The molecule has 2 aromatic rings. The summed E-state index contributed by atoms with van der Waals surface area (Å²) in [5.74, 6) is 0. The molecule has 0 fully saturated rings. The molecule has 0 N–H and O–H groups in total. The Morgan fingerprint density at radius 2 is 1.42 bits per heavy atom. The Bertz CT molecular complexity index is 936. The van der Waals surface area contributed by atoms with Gasteiger partial charge in [0.1, 0.15) is 5.69 Å². The molecular weight excluding hydrogens is 234 g/mol. The van der Waals surface area contributed by atoms with Crippen LogP contribution in [0.15, 0.2) is 71.7 Å². The fraction of sp³-hybridized carbons (Fsp3) is 0. The zero-order valence-electron chi connectivity index (χ0n) is 10.2. The lowest BCUT2D eigenvalue weighted by Gasteiger charge is -2.01. The average Bonchev–Trinajstić information content (AvgIpc) is 2.62. The van der Waals surface area contributed by atoms with Crippen molar-refractivity contribution in [1.82, 2.24) is 4.57 Å². The van der Waals surface area contributed by atoms with Gasteiger partial charge in [-0.05, 0) is 23.6 Å². The van der Waals surface area contributed by atoms with Crippen LogP contribution in [0.3, 0.4) is 0 Å². The Balaban J connectivity index is 2.37. The second kappa shape index (κ2) is 3.69. The van der Waals surface area contributed by atoms with Gasteiger partial charge in [-0.1, -0.05) is 42.5 Å². The van der Waals surface area contributed by atoms with Crippen LogP contribution in [0.25, 0.3) is 27.4 Å². The molecule has 19 heavy (non-hydrogen) atoms. The molecule has 0 saturated carbocycles. The molecule has 2 heteroatoms. The molecule has 2 heterocycles. The SMILES string of the molecule is O=c1c2c3ccccc3cccn-2c2ccccc12. The zero-order chi connectivity index (χ0) is 12.8. The maximum absolute atomic E-state index is 12.6. The van der Waals surface area contributed by atoms with Gasteiger partial charge in [-0.15, -0.1) is 0 Å². The third-order valence-electron chi connectivity index (χ3n) is 3.59. The Hall–Kier alpha value is -2.61. The number of hydrogen-bond acceptors (Lipinski definition) is 1. The van der Waals surface area contributed by atoms with E-state index in [2.05, 4.69) is 0 Å². The van der Waals surface area contributed by atoms with Gasteiger partial charge in [-0.2, -0.15) is 0 Å². The highest BCUT2D eigenvalue weighted by molar-refractivity contribution is 5.96. The molecule has 0 unspecified atom stereocenters. The van der Waals surface area contributed by atoms with E-state index in [1.54, 1.807) is 0 Å². The van der Waals surface area contributed by atoms with E-state index in [1.807, 2.05) is 71.4 Å². The lowest BCUT2D eigenvalue weighted by molar-refractivity contribution is 1.14. The number of para-hydroxylation sites is 1. The molecule has 0 saturated heterocycles. The van der Waals surface area contributed by atoms with E-state index in [1.165, 1.54) is 0 Å². The van der Waals surface area contributed by atoms with Crippen molar-refractivity contribution in [2.45, 2.75) is 0 Å². The maximum Gasteiger partial charge on any atom is 0.212 e. The van der Waals surface area contributed by atoms with E-state index >= 15 is 0 Å². The van der Waals surface area contributed by atoms with Crippen LogP contribution in [0.1, 0.15) is 0 Å². The minimum Gasteiger partial charge on any atom is -0.312 e. The van der Waals surface area contributed by atoms with Crippen LogP contribution in [0, 0.1) is 0 Å². The van der Waals surface area contributed by atoms with E-state index in [-0.39, 0.29) is 5.43 Å². The number of hydrogen-bond donors (Lipinski definition) is 0. The van der Waals surface area contributed by atoms with Crippen molar-refractivity contribution in [3.05, 3.63) is 77.1 Å². The molecule has 0 bridgehead atoms. The summed E-state index contributed by atoms with van der Waals surface area (Å²) in [4.78, 5) is 12.6. The predicted octanol–water partition coefficient (Wildman–Crippen LogP) is 3.58. The minimum atomic E-state index is 0.100. The molecule has 0 aromatic heterocycles. The van der Waals surface area contributed by atoms with Crippen LogP contribution in [-0.4, -0.2) is 4.57 Å². The Kier molecular flexibility index (Phi) is 2.00. The molecule has 4 rings (SSSR count). The Morgan fingerprint density at radius 3 is 2.32 bits per heavy atom. The largest absolute Gasteiger partial charge is 0.312 e. The van der Waals surface area contributed by atoms with Crippen LogP contribution in [0.4, 0.5) is 0 Å². The van der Waals surface area contributed by atoms with E-state index in [9.17, 15) is 4.79 Å². The summed E-state index contributed by atoms with van der Waals surface area (Å²) in [6, 6.07) is 19.8. The smallest absolute Gasteiger partial charge is 0.212 e. The van der Waals surface area contributed by atoms with Crippen molar-refractivity contribution in [1.29, 1.82) is 0 Å². The van der Waals surface area contributed by atoms with Crippen LogP contribution >= 0.6 is 0 Å². The minimum absolute atomic E-state index is 0.100. The van der Waals surface area contributed by atoms with Crippen molar-refractivity contribution in [2.75, 3.05) is 0 Å². The summed E-state index contributed by atoms with van der Waals surface area (Å²) in [7, 11) is 0. The first kappa shape index (κ1) is 10.3. The Labute approximate surface area is 109 Å². The lowest BCUT2D eigenvalue weighted by Crippen LogP contribution is -2.01. The van der Waals surface area contributed by atoms with Crippen molar-refractivity contribution < 1.29 is 0 Å². The third kappa shape index (κ3) is 1.34. The molecule has 0 amide bonds. The second-order valence-corrected chi connectivity index (χ2v) is 4.66. The predicted molar refractivity (Wildman–Crippen MR) is 78.2 cm³/mol. The topological polar surface area (TPSA) is 22.0 Å². The van der Waals surface area contributed by atoms with Crippen LogP contribution in [-0.2, 0) is 0 Å². The average molecular weight is 245 g/mol. The highest BCUT2D eigenvalue weighted by atomic mass is 16.1. The first-order chi connectivity index (χ1) is 9.36. The highest BCUT2D eigenvalue weighted by Gasteiger charge is 2.15. The van der Waals surface area contributed by atoms with Gasteiger partial charge in [0, 0.05) is 17.0 Å². The number of benzene rings is 2. The first-order valence-corrected chi connectivity index (χ1v) is 6.27. The molecule has 0 atom stereocenters. The van der Waals surface area contributed by atoms with Crippen molar-refractivity contribution in [3.8, 4) is 5.69 Å². The highest BCUT2D eigenvalue weighted by Crippen LogP contribution is 2.25. The fourth-order valence-electron chi connectivity index (χ4n) is 2.73. The monoisotopic (exact) mass is 245 g/mol. The van der Waals surface area contributed by atoms with E-state index in [4.69, 9.17) is 0 Å². The third-order valence-corrected chi connectivity index (χ3v) is 3.59. The molecule has 2 nitrogen and oxygen atoms in total. The summed E-state index contributed by atoms with van der Waals surface area (Å²) in [5.41, 5.74) is 1.81. The van der Waals surface area contributed by atoms with Crippen LogP contribution < -0.4 is 5.43 Å². The molecular formula is C17H11NO. The standard InChI is InChI=1S/C17H11NO/c19-17-14-9-3-4-10-15(14)18-11-5-7-12-6-1-2-8-13(12)16(17)18/h1-11H. The van der Waals surface area contributed by atoms with Gasteiger partial charge in [0.15, 0.2) is 0 Å².